The summed E-state index contributed by atoms with van der Waals surface area (Å²) in [6.45, 7) is 1.38. The Morgan fingerprint density at radius 3 is 2.76 bits per heavy atom. The van der Waals surface area contributed by atoms with Gasteiger partial charge in [-0.25, -0.2) is 0 Å². The van der Waals surface area contributed by atoms with Crippen molar-refractivity contribution in [3.63, 3.8) is 0 Å². The fraction of sp³-hybridized carbons (Fsp3) is 0.375. The maximum absolute atomic E-state index is 5.93. The third-order valence-corrected chi connectivity index (χ3v) is 4.60. The molecule has 21 heavy (non-hydrogen) atoms. The molecule has 1 aromatic carbocycles. The summed E-state index contributed by atoms with van der Waals surface area (Å²) in [5.74, 6) is 1.53. The average molecular weight is 324 g/mol. The van der Waals surface area contributed by atoms with Crippen molar-refractivity contribution in [3.05, 3.63) is 45.1 Å². The summed E-state index contributed by atoms with van der Waals surface area (Å²) in [6.07, 6.45) is 2.58. The lowest BCUT2D eigenvalue weighted by atomic mass is 10.2. The van der Waals surface area contributed by atoms with Crippen molar-refractivity contribution in [2.45, 2.75) is 32.0 Å². The van der Waals surface area contributed by atoms with Crippen LogP contribution in [0.3, 0.4) is 0 Å². The van der Waals surface area contributed by atoms with Crippen LogP contribution in [0.5, 0.6) is 11.5 Å². The van der Waals surface area contributed by atoms with E-state index in [1.165, 1.54) is 29.7 Å². The van der Waals surface area contributed by atoms with E-state index in [1.807, 2.05) is 24.3 Å². The van der Waals surface area contributed by atoms with Crippen LogP contribution in [-0.2, 0) is 13.2 Å². The Morgan fingerprint density at radius 2 is 2.10 bits per heavy atom. The summed E-state index contributed by atoms with van der Waals surface area (Å²) < 4.78 is 12.0. The number of methoxy groups -OCH3 is 1. The lowest BCUT2D eigenvalue weighted by Crippen LogP contribution is -2.15. The van der Waals surface area contributed by atoms with Gasteiger partial charge in [0.15, 0.2) is 11.5 Å². The number of hydrogen-bond donors (Lipinski definition) is 1. The average Bonchev–Trinajstić information content (AvgIpc) is 3.24. The fourth-order valence-corrected chi connectivity index (χ4v) is 3.07. The van der Waals surface area contributed by atoms with Gasteiger partial charge in [-0.3, -0.25) is 0 Å². The topological polar surface area (TPSA) is 30.5 Å². The highest BCUT2D eigenvalue weighted by Crippen LogP contribution is 2.30. The molecular weight excluding hydrogens is 306 g/mol. The Labute approximate surface area is 133 Å². The van der Waals surface area contributed by atoms with Crippen LogP contribution in [0, 0.1) is 0 Å². The number of nitrogens with one attached hydrogen (secondary N) is 1. The van der Waals surface area contributed by atoms with Gasteiger partial charge in [0.2, 0.25) is 0 Å². The van der Waals surface area contributed by atoms with E-state index in [-0.39, 0.29) is 0 Å². The van der Waals surface area contributed by atoms with Crippen LogP contribution in [0.25, 0.3) is 0 Å². The van der Waals surface area contributed by atoms with Crippen molar-refractivity contribution in [3.8, 4) is 11.5 Å². The second kappa shape index (κ2) is 6.69. The molecule has 0 amide bonds. The second-order valence-electron chi connectivity index (χ2n) is 5.13. The molecule has 0 spiro atoms. The monoisotopic (exact) mass is 323 g/mol. The number of thiophene rings is 1. The molecule has 3 nitrogen and oxygen atoms in total. The highest BCUT2D eigenvalue weighted by molar-refractivity contribution is 7.16. The normalized spacial score (nSPS) is 14.2. The molecule has 0 bridgehead atoms. The Kier molecular flexibility index (Phi) is 4.68. The van der Waals surface area contributed by atoms with E-state index in [1.54, 1.807) is 7.11 Å². The summed E-state index contributed by atoms with van der Waals surface area (Å²) in [5.41, 5.74) is 1.21. The molecule has 1 fully saturated rings. The molecule has 2 aromatic rings. The molecule has 3 rings (SSSR count). The minimum atomic E-state index is 0.507. The first-order valence-electron chi connectivity index (χ1n) is 7.02. The number of benzene rings is 1. The van der Waals surface area contributed by atoms with Crippen molar-refractivity contribution in [1.29, 1.82) is 0 Å². The van der Waals surface area contributed by atoms with Gasteiger partial charge < -0.3 is 14.8 Å². The number of rotatable bonds is 7. The molecular formula is C16H18ClNO2S. The zero-order chi connectivity index (χ0) is 14.7. The van der Waals surface area contributed by atoms with Crippen molar-refractivity contribution < 1.29 is 9.47 Å². The molecule has 0 saturated heterocycles. The zero-order valence-electron chi connectivity index (χ0n) is 11.9. The lowest BCUT2D eigenvalue weighted by Gasteiger charge is -2.12. The van der Waals surface area contributed by atoms with Gasteiger partial charge in [-0.2, -0.15) is 0 Å². The van der Waals surface area contributed by atoms with Crippen LogP contribution in [0.1, 0.15) is 23.3 Å². The van der Waals surface area contributed by atoms with Gasteiger partial charge >= 0.3 is 0 Å². The largest absolute Gasteiger partial charge is 0.493 e. The molecule has 0 aliphatic heterocycles. The second-order valence-corrected chi connectivity index (χ2v) is 6.93. The summed E-state index contributed by atoms with van der Waals surface area (Å²) in [7, 11) is 1.66. The number of halogens is 1. The molecule has 0 atom stereocenters. The van der Waals surface area contributed by atoms with E-state index in [0.29, 0.717) is 12.6 Å². The zero-order valence-corrected chi connectivity index (χ0v) is 13.5. The maximum Gasteiger partial charge on any atom is 0.162 e. The van der Waals surface area contributed by atoms with Crippen molar-refractivity contribution >= 4 is 22.9 Å². The predicted octanol–water partition coefficient (Wildman–Crippen LogP) is 4.24. The van der Waals surface area contributed by atoms with Gasteiger partial charge in [0.1, 0.15) is 6.61 Å². The van der Waals surface area contributed by atoms with Crippen LogP contribution < -0.4 is 14.8 Å². The fourth-order valence-electron chi connectivity index (χ4n) is 2.07. The van der Waals surface area contributed by atoms with E-state index in [2.05, 4.69) is 11.4 Å². The Hall–Kier alpha value is -1.23. The SMILES string of the molecule is COc1ccc(CNC2CC2)cc1OCc1ccc(Cl)s1. The summed E-state index contributed by atoms with van der Waals surface area (Å²) >= 11 is 7.47. The molecule has 1 aromatic heterocycles. The summed E-state index contributed by atoms with van der Waals surface area (Å²) in [5, 5.41) is 3.50. The van der Waals surface area contributed by atoms with Crippen LogP contribution in [0.2, 0.25) is 4.34 Å². The third kappa shape index (κ3) is 4.13. The van der Waals surface area contributed by atoms with Crippen molar-refractivity contribution in [2.24, 2.45) is 0 Å². The highest BCUT2D eigenvalue weighted by Gasteiger charge is 2.20. The Morgan fingerprint density at radius 1 is 1.24 bits per heavy atom. The first-order valence-corrected chi connectivity index (χ1v) is 8.21. The van der Waals surface area contributed by atoms with Gasteiger partial charge in [-0.15, -0.1) is 11.3 Å². The Balaban J connectivity index is 1.66. The minimum Gasteiger partial charge on any atom is -0.493 e. The van der Waals surface area contributed by atoms with Crippen LogP contribution in [0.15, 0.2) is 30.3 Å². The van der Waals surface area contributed by atoms with E-state index in [4.69, 9.17) is 21.1 Å². The van der Waals surface area contributed by atoms with Crippen molar-refractivity contribution in [2.75, 3.05) is 7.11 Å². The molecule has 1 heterocycles. The molecule has 0 radical (unpaired) electrons. The van der Waals surface area contributed by atoms with E-state index in [9.17, 15) is 0 Å². The Bertz CT molecular complexity index is 610. The van der Waals surface area contributed by atoms with Gasteiger partial charge in [-0.05, 0) is 42.7 Å². The number of ether oxygens (including phenoxy) is 2. The third-order valence-electron chi connectivity index (χ3n) is 3.40. The predicted molar refractivity (Wildman–Crippen MR) is 86.5 cm³/mol. The van der Waals surface area contributed by atoms with Crippen LogP contribution in [-0.4, -0.2) is 13.2 Å². The van der Waals surface area contributed by atoms with Crippen LogP contribution in [0.4, 0.5) is 0 Å². The highest BCUT2D eigenvalue weighted by atomic mass is 35.5. The maximum atomic E-state index is 5.93. The summed E-state index contributed by atoms with van der Waals surface area (Å²) in [4.78, 5) is 1.10. The minimum absolute atomic E-state index is 0.507. The van der Waals surface area contributed by atoms with Crippen LogP contribution >= 0.6 is 22.9 Å². The quantitative estimate of drug-likeness (QED) is 0.826. The smallest absolute Gasteiger partial charge is 0.162 e. The van der Waals surface area contributed by atoms with Gasteiger partial charge in [-0.1, -0.05) is 17.7 Å². The molecule has 1 saturated carbocycles. The van der Waals surface area contributed by atoms with E-state index >= 15 is 0 Å². The molecule has 0 unspecified atom stereocenters. The van der Waals surface area contributed by atoms with E-state index < -0.39 is 0 Å². The van der Waals surface area contributed by atoms with Gasteiger partial charge in [0.05, 0.1) is 11.4 Å². The van der Waals surface area contributed by atoms with Crippen molar-refractivity contribution in [1.82, 2.24) is 5.32 Å². The van der Waals surface area contributed by atoms with Gasteiger partial charge in [0.25, 0.3) is 0 Å². The molecule has 5 heteroatoms. The molecule has 1 aliphatic rings. The standard InChI is InChI=1S/C16H18ClNO2S/c1-19-14-6-2-11(9-18-12-3-4-12)8-15(14)20-10-13-5-7-16(17)21-13/h2,5-8,12,18H,3-4,9-10H2,1H3. The molecule has 112 valence electrons. The van der Waals surface area contributed by atoms with Gasteiger partial charge in [0, 0.05) is 17.5 Å². The first-order chi connectivity index (χ1) is 10.2. The first kappa shape index (κ1) is 14.7. The number of hydrogen-bond acceptors (Lipinski definition) is 4. The lowest BCUT2D eigenvalue weighted by molar-refractivity contribution is 0.287. The molecule has 1 N–H and O–H groups in total. The van der Waals surface area contributed by atoms with E-state index in [0.717, 1.165) is 27.3 Å². The summed E-state index contributed by atoms with van der Waals surface area (Å²) in [6, 6.07) is 10.6. The molecule has 1 aliphatic carbocycles.